The maximum atomic E-state index is 12.3. The minimum atomic E-state index is -0.510. The van der Waals surface area contributed by atoms with Crippen molar-refractivity contribution >= 4 is 28.9 Å². The molecule has 1 N–H and O–H groups in total. The first kappa shape index (κ1) is 15.7. The Kier molecular flexibility index (Phi) is 4.24. The second-order valence-electron chi connectivity index (χ2n) is 5.54. The molecule has 0 aliphatic carbocycles. The molecule has 1 saturated heterocycles. The fraction of sp³-hybridized carbons (Fsp3) is 0.176. The summed E-state index contributed by atoms with van der Waals surface area (Å²) in [5.41, 5.74) is 1.02. The SMILES string of the molecule is O=C(Nc1ccccc1)C1CC(=O)N(c2cccc([N+](=O)[O-])c2)C1. The number of amides is 2. The summed E-state index contributed by atoms with van der Waals surface area (Å²) in [6.07, 6.45) is 0.0847. The van der Waals surface area contributed by atoms with Crippen molar-refractivity contribution in [3.8, 4) is 0 Å². The second-order valence-corrected chi connectivity index (χ2v) is 5.54. The standard InChI is InChI=1S/C17H15N3O4/c21-16-9-12(17(22)18-13-5-2-1-3-6-13)11-19(16)14-7-4-8-15(10-14)20(23)24/h1-8,10,12H,9,11H2,(H,18,22). The van der Waals surface area contributed by atoms with Crippen molar-refractivity contribution in [1.29, 1.82) is 0 Å². The topological polar surface area (TPSA) is 92.6 Å². The van der Waals surface area contributed by atoms with Crippen LogP contribution in [-0.2, 0) is 9.59 Å². The lowest BCUT2D eigenvalue weighted by Crippen LogP contribution is -2.28. The summed E-state index contributed by atoms with van der Waals surface area (Å²) in [5, 5.41) is 13.6. The van der Waals surface area contributed by atoms with Crippen molar-refractivity contribution < 1.29 is 14.5 Å². The summed E-state index contributed by atoms with van der Waals surface area (Å²) >= 11 is 0. The van der Waals surface area contributed by atoms with Crippen molar-refractivity contribution in [3.63, 3.8) is 0 Å². The number of carbonyl (C=O) groups excluding carboxylic acids is 2. The first-order valence-electron chi connectivity index (χ1n) is 7.45. The van der Waals surface area contributed by atoms with E-state index < -0.39 is 10.8 Å². The lowest BCUT2D eigenvalue weighted by molar-refractivity contribution is -0.384. The number of rotatable bonds is 4. The molecule has 2 aromatic carbocycles. The number of nitrogens with one attached hydrogen (secondary N) is 1. The first-order valence-corrected chi connectivity index (χ1v) is 7.45. The fourth-order valence-corrected chi connectivity index (χ4v) is 2.67. The Balaban J connectivity index is 1.72. The number of hydrogen-bond acceptors (Lipinski definition) is 4. The zero-order chi connectivity index (χ0) is 17.1. The van der Waals surface area contributed by atoms with Gasteiger partial charge in [-0.25, -0.2) is 0 Å². The number of nitro benzene ring substituents is 1. The van der Waals surface area contributed by atoms with Crippen LogP contribution in [0, 0.1) is 16.0 Å². The largest absolute Gasteiger partial charge is 0.326 e. The number of anilines is 2. The third-order valence-electron chi connectivity index (χ3n) is 3.89. The smallest absolute Gasteiger partial charge is 0.271 e. The van der Waals surface area contributed by atoms with Crippen LogP contribution in [0.5, 0.6) is 0 Å². The second kappa shape index (κ2) is 6.49. The Labute approximate surface area is 138 Å². The van der Waals surface area contributed by atoms with Crippen LogP contribution in [0.4, 0.5) is 17.1 Å². The molecule has 2 aromatic rings. The quantitative estimate of drug-likeness (QED) is 0.690. The number of nitro groups is 1. The van der Waals surface area contributed by atoms with Gasteiger partial charge in [-0.15, -0.1) is 0 Å². The lowest BCUT2D eigenvalue weighted by atomic mass is 10.1. The molecule has 1 aliphatic heterocycles. The molecule has 1 heterocycles. The molecule has 7 heteroatoms. The van der Waals surface area contributed by atoms with Gasteiger partial charge >= 0.3 is 0 Å². The number of para-hydroxylation sites is 1. The molecule has 1 aliphatic rings. The minimum Gasteiger partial charge on any atom is -0.326 e. The van der Waals surface area contributed by atoms with Crippen molar-refractivity contribution in [1.82, 2.24) is 0 Å². The van der Waals surface area contributed by atoms with Gasteiger partial charge in [0, 0.05) is 30.8 Å². The van der Waals surface area contributed by atoms with E-state index in [4.69, 9.17) is 0 Å². The number of hydrogen-bond donors (Lipinski definition) is 1. The van der Waals surface area contributed by atoms with Gasteiger partial charge in [0.15, 0.2) is 0 Å². The summed E-state index contributed by atoms with van der Waals surface area (Å²) < 4.78 is 0. The Hall–Kier alpha value is -3.22. The van der Waals surface area contributed by atoms with E-state index in [9.17, 15) is 19.7 Å². The Morgan fingerprint density at radius 2 is 1.92 bits per heavy atom. The van der Waals surface area contributed by atoms with Crippen molar-refractivity contribution in [3.05, 3.63) is 64.7 Å². The molecule has 0 aromatic heterocycles. The lowest BCUT2D eigenvalue weighted by Gasteiger charge is -2.16. The summed E-state index contributed by atoms with van der Waals surface area (Å²) in [6, 6.07) is 14.9. The van der Waals surface area contributed by atoms with Gasteiger partial charge in [0.05, 0.1) is 16.5 Å². The molecule has 122 valence electrons. The highest BCUT2D eigenvalue weighted by molar-refractivity contribution is 6.03. The highest BCUT2D eigenvalue weighted by Crippen LogP contribution is 2.28. The van der Waals surface area contributed by atoms with Gasteiger partial charge in [0.25, 0.3) is 5.69 Å². The van der Waals surface area contributed by atoms with Crippen LogP contribution in [0.25, 0.3) is 0 Å². The average molecular weight is 325 g/mol. The van der Waals surface area contributed by atoms with E-state index in [-0.39, 0.29) is 30.5 Å². The van der Waals surface area contributed by atoms with Gasteiger partial charge in [-0.1, -0.05) is 24.3 Å². The van der Waals surface area contributed by atoms with E-state index in [1.54, 1.807) is 18.2 Å². The molecule has 0 saturated carbocycles. The summed E-state index contributed by atoms with van der Waals surface area (Å²) in [5.74, 6) is -0.942. The maximum Gasteiger partial charge on any atom is 0.271 e. The molecule has 1 fully saturated rings. The van der Waals surface area contributed by atoms with E-state index in [0.29, 0.717) is 11.4 Å². The predicted octanol–water partition coefficient (Wildman–Crippen LogP) is 2.59. The normalized spacial score (nSPS) is 16.9. The van der Waals surface area contributed by atoms with Crippen molar-refractivity contribution in [2.75, 3.05) is 16.8 Å². The predicted molar refractivity (Wildman–Crippen MR) is 88.6 cm³/mol. The number of benzene rings is 2. The maximum absolute atomic E-state index is 12.3. The summed E-state index contributed by atoms with van der Waals surface area (Å²) in [6.45, 7) is 0.207. The highest BCUT2D eigenvalue weighted by atomic mass is 16.6. The molecule has 2 amide bonds. The zero-order valence-corrected chi connectivity index (χ0v) is 12.7. The van der Waals surface area contributed by atoms with Crippen LogP contribution in [0.2, 0.25) is 0 Å². The van der Waals surface area contributed by atoms with Gasteiger partial charge in [-0.2, -0.15) is 0 Å². The monoisotopic (exact) mass is 325 g/mol. The molecule has 1 unspecified atom stereocenters. The fourth-order valence-electron chi connectivity index (χ4n) is 2.67. The van der Waals surface area contributed by atoms with Crippen LogP contribution in [0.3, 0.4) is 0 Å². The summed E-state index contributed by atoms with van der Waals surface area (Å²) in [7, 11) is 0. The minimum absolute atomic E-state index is 0.0847. The van der Waals surface area contributed by atoms with Gasteiger partial charge in [0.1, 0.15) is 0 Å². The van der Waals surface area contributed by atoms with Gasteiger partial charge in [-0.05, 0) is 18.2 Å². The van der Waals surface area contributed by atoms with Crippen LogP contribution >= 0.6 is 0 Å². The van der Waals surface area contributed by atoms with Crippen LogP contribution in [0.15, 0.2) is 54.6 Å². The molecule has 0 spiro atoms. The van der Waals surface area contributed by atoms with Crippen LogP contribution in [-0.4, -0.2) is 23.3 Å². The number of nitrogens with zero attached hydrogens (tertiary/aromatic N) is 2. The van der Waals surface area contributed by atoms with E-state index in [1.165, 1.54) is 23.1 Å². The van der Waals surface area contributed by atoms with E-state index in [1.807, 2.05) is 18.2 Å². The highest BCUT2D eigenvalue weighted by Gasteiger charge is 2.35. The van der Waals surface area contributed by atoms with Crippen molar-refractivity contribution in [2.24, 2.45) is 5.92 Å². The van der Waals surface area contributed by atoms with Gasteiger partial charge in [-0.3, -0.25) is 19.7 Å². The third kappa shape index (κ3) is 3.24. The average Bonchev–Trinajstić information content (AvgIpc) is 2.98. The van der Waals surface area contributed by atoms with Gasteiger partial charge < -0.3 is 10.2 Å². The Morgan fingerprint density at radius 1 is 1.17 bits per heavy atom. The number of non-ortho nitro benzene ring substituents is 1. The van der Waals surface area contributed by atoms with E-state index >= 15 is 0 Å². The molecule has 7 nitrogen and oxygen atoms in total. The van der Waals surface area contributed by atoms with Crippen LogP contribution < -0.4 is 10.2 Å². The molecule has 1 atom stereocenters. The molecular formula is C17H15N3O4. The third-order valence-corrected chi connectivity index (χ3v) is 3.89. The van der Waals surface area contributed by atoms with Gasteiger partial charge in [0.2, 0.25) is 11.8 Å². The molecule has 0 radical (unpaired) electrons. The van der Waals surface area contributed by atoms with E-state index in [0.717, 1.165) is 0 Å². The van der Waals surface area contributed by atoms with Crippen molar-refractivity contribution in [2.45, 2.75) is 6.42 Å². The molecule has 24 heavy (non-hydrogen) atoms. The summed E-state index contributed by atoms with van der Waals surface area (Å²) in [4.78, 5) is 36.3. The Morgan fingerprint density at radius 3 is 2.62 bits per heavy atom. The zero-order valence-electron chi connectivity index (χ0n) is 12.7. The first-order chi connectivity index (χ1) is 11.5. The van der Waals surface area contributed by atoms with E-state index in [2.05, 4.69) is 5.32 Å². The van der Waals surface area contributed by atoms with Crippen LogP contribution in [0.1, 0.15) is 6.42 Å². The Bertz CT molecular complexity index is 791. The molecule has 0 bridgehead atoms. The molecular weight excluding hydrogens is 310 g/mol. The molecule has 3 rings (SSSR count). The number of carbonyl (C=O) groups is 2.